The topological polar surface area (TPSA) is 41.5 Å². The van der Waals surface area contributed by atoms with E-state index in [0.717, 1.165) is 31.7 Å². The molecule has 0 heterocycles. The van der Waals surface area contributed by atoms with Gasteiger partial charge >= 0.3 is 0 Å². The number of benzene rings is 1. The SMILES string of the molecule is CC1CCCC(OCC(O)CNCCc2ccccc2)C1. The molecule has 118 valence electrons. The van der Waals surface area contributed by atoms with E-state index < -0.39 is 6.10 Å². The average molecular weight is 291 g/mol. The fourth-order valence-corrected chi connectivity index (χ4v) is 2.98. The van der Waals surface area contributed by atoms with E-state index in [-0.39, 0.29) is 0 Å². The van der Waals surface area contributed by atoms with E-state index in [9.17, 15) is 5.11 Å². The molecular weight excluding hydrogens is 262 g/mol. The predicted octanol–water partition coefficient (Wildman–Crippen LogP) is 2.77. The minimum Gasteiger partial charge on any atom is -0.389 e. The van der Waals surface area contributed by atoms with Crippen LogP contribution in [0.3, 0.4) is 0 Å². The second-order valence-electron chi connectivity index (χ2n) is 6.32. The van der Waals surface area contributed by atoms with Gasteiger partial charge in [-0.25, -0.2) is 0 Å². The highest BCUT2D eigenvalue weighted by molar-refractivity contribution is 5.14. The van der Waals surface area contributed by atoms with Crippen LogP contribution >= 0.6 is 0 Å². The quantitative estimate of drug-likeness (QED) is 0.724. The zero-order valence-electron chi connectivity index (χ0n) is 13.1. The summed E-state index contributed by atoms with van der Waals surface area (Å²) in [5.41, 5.74) is 1.33. The first-order valence-corrected chi connectivity index (χ1v) is 8.28. The molecule has 1 saturated carbocycles. The van der Waals surface area contributed by atoms with Gasteiger partial charge in [0, 0.05) is 6.54 Å². The van der Waals surface area contributed by atoms with Crippen LogP contribution in [0.2, 0.25) is 0 Å². The molecular formula is C18H29NO2. The fraction of sp³-hybridized carbons (Fsp3) is 0.667. The van der Waals surface area contributed by atoms with Crippen molar-refractivity contribution in [1.82, 2.24) is 5.32 Å². The van der Waals surface area contributed by atoms with Crippen LogP contribution in [0.5, 0.6) is 0 Å². The van der Waals surface area contributed by atoms with Gasteiger partial charge in [-0.05, 0) is 37.3 Å². The number of hydrogen-bond acceptors (Lipinski definition) is 3. The maximum Gasteiger partial charge on any atom is 0.0897 e. The number of aliphatic hydroxyl groups excluding tert-OH is 1. The minimum absolute atomic E-state index is 0.354. The van der Waals surface area contributed by atoms with E-state index in [0.29, 0.717) is 19.3 Å². The molecule has 0 amide bonds. The lowest BCUT2D eigenvalue weighted by molar-refractivity contribution is -0.0305. The van der Waals surface area contributed by atoms with Gasteiger partial charge in [0.25, 0.3) is 0 Å². The number of aliphatic hydroxyl groups is 1. The first kappa shape index (κ1) is 16.5. The van der Waals surface area contributed by atoms with Crippen LogP contribution in [0.25, 0.3) is 0 Å². The van der Waals surface area contributed by atoms with Crippen molar-refractivity contribution in [2.24, 2.45) is 5.92 Å². The monoisotopic (exact) mass is 291 g/mol. The zero-order chi connectivity index (χ0) is 14.9. The van der Waals surface area contributed by atoms with Crippen molar-refractivity contribution in [2.75, 3.05) is 19.7 Å². The molecule has 1 aromatic carbocycles. The molecule has 3 unspecified atom stereocenters. The molecule has 0 spiro atoms. The first-order valence-electron chi connectivity index (χ1n) is 8.28. The Hall–Kier alpha value is -0.900. The number of ether oxygens (including phenoxy) is 1. The van der Waals surface area contributed by atoms with Crippen LogP contribution in [0, 0.1) is 5.92 Å². The summed E-state index contributed by atoms with van der Waals surface area (Å²) < 4.78 is 5.84. The van der Waals surface area contributed by atoms with Crippen LogP contribution in [-0.2, 0) is 11.2 Å². The Morgan fingerprint density at radius 2 is 2.10 bits per heavy atom. The lowest BCUT2D eigenvalue weighted by Crippen LogP contribution is -2.34. The van der Waals surface area contributed by atoms with Crippen molar-refractivity contribution in [3.05, 3.63) is 35.9 Å². The molecule has 3 nitrogen and oxygen atoms in total. The zero-order valence-corrected chi connectivity index (χ0v) is 13.1. The van der Waals surface area contributed by atoms with Gasteiger partial charge in [0.05, 0.1) is 18.8 Å². The molecule has 0 saturated heterocycles. The van der Waals surface area contributed by atoms with Gasteiger partial charge in [-0.3, -0.25) is 0 Å². The van der Waals surface area contributed by atoms with E-state index >= 15 is 0 Å². The Morgan fingerprint density at radius 3 is 2.86 bits per heavy atom. The van der Waals surface area contributed by atoms with Gasteiger partial charge < -0.3 is 15.2 Å². The Balaban J connectivity index is 1.52. The number of nitrogens with one attached hydrogen (secondary N) is 1. The second-order valence-corrected chi connectivity index (χ2v) is 6.32. The normalized spacial score (nSPS) is 23.9. The molecule has 0 bridgehead atoms. The summed E-state index contributed by atoms with van der Waals surface area (Å²) in [5, 5.41) is 13.3. The Bertz CT molecular complexity index is 382. The molecule has 0 aliphatic heterocycles. The molecule has 3 atom stereocenters. The van der Waals surface area contributed by atoms with E-state index in [1.165, 1.54) is 18.4 Å². The van der Waals surface area contributed by atoms with E-state index in [1.807, 2.05) is 6.07 Å². The maximum absolute atomic E-state index is 9.96. The van der Waals surface area contributed by atoms with Crippen LogP contribution in [0.4, 0.5) is 0 Å². The molecule has 1 fully saturated rings. The van der Waals surface area contributed by atoms with Gasteiger partial charge in [-0.1, -0.05) is 50.1 Å². The standard InChI is InChI=1S/C18H29NO2/c1-15-6-5-9-18(12-15)21-14-17(20)13-19-11-10-16-7-3-2-4-8-16/h2-4,7-8,15,17-20H,5-6,9-14H2,1H3. The summed E-state index contributed by atoms with van der Waals surface area (Å²) in [6, 6.07) is 10.4. The number of hydrogen-bond donors (Lipinski definition) is 2. The van der Waals surface area contributed by atoms with Crippen LogP contribution < -0.4 is 5.32 Å². The third-order valence-corrected chi connectivity index (χ3v) is 4.23. The second kappa shape index (κ2) is 9.19. The summed E-state index contributed by atoms with van der Waals surface area (Å²) in [6.07, 6.45) is 5.83. The van der Waals surface area contributed by atoms with Crippen molar-refractivity contribution in [2.45, 2.75) is 51.2 Å². The van der Waals surface area contributed by atoms with E-state index in [4.69, 9.17) is 4.74 Å². The Kier molecular flexibility index (Phi) is 7.20. The molecule has 0 radical (unpaired) electrons. The highest BCUT2D eigenvalue weighted by Crippen LogP contribution is 2.25. The van der Waals surface area contributed by atoms with Gasteiger partial charge in [-0.15, -0.1) is 0 Å². The molecule has 2 N–H and O–H groups in total. The molecule has 3 heteroatoms. The van der Waals surface area contributed by atoms with Crippen molar-refractivity contribution in [3.8, 4) is 0 Å². The summed E-state index contributed by atoms with van der Waals surface area (Å²) in [7, 11) is 0. The summed E-state index contributed by atoms with van der Waals surface area (Å²) >= 11 is 0. The van der Waals surface area contributed by atoms with Gasteiger partial charge in [-0.2, -0.15) is 0 Å². The maximum atomic E-state index is 9.96. The van der Waals surface area contributed by atoms with Crippen molar-refractivity contribution < 1.29 is 9.84 Å². The van der Waals surface area contributed by atoms with Crippen molar-refractivity contribution >= 4 is 0 Å². The van der Waals surface area contributed by atoms with Crippen molar-refractivity contribution in [3.63, 3.8) is 0 Å². The molecule has 21 heavy (non-hydrogen) atoms. The first-order chi connectivity index (χ1) is 10.2. The van der Waals surface area contributed by atoms with Gasteiger partial charge in [0.15, 0.2) is 0 Å². The smallest absolute Gasteiger partial charge is 0.0897 e. The fourth-order valence-electron chi connectivity index (χ4n) is 2.98. The van der Waals surface area contributed by atoms with Gasteiger partial charge in [0.1, 0.15) is 0 Å². The molecule has 1 aliphatic rings. The summed E-state index contributed by atoms with van der Waals surface area (Å²) in [4.78, 5) is 0. The van der Waals surface area contributed by atoms with Crippen LogP contribution in [-0.4, -0.2) is 37.0 Å². The third kappa shape index (κ3) is 6.60. The Labute approximate surface area is 128 Å². The molecule has 1 aromatic rings. The minimum atomic E-state index is -0.405. The third-order valence-electron chi connectivity index (χ3n) is 4.23. The lowest BCUT2D eigenvalue weighted by atomic mass is 9.89. The van der Waals surface area contributed by atoms with Crippen LogP contribution in [0.15, 0.2) is 30.3 Å². The van der Waals surface area contributed by atoms with E-state index in [2.05, 4.69) is 36.5 Å². The largest absolute Gasteiger partial charge is 0.389 e. The summed E-state index contributed by atoms with van der Waals surface area (Å²) in [5.74, 6) is 0.768. The predicted molar refractivity (Wildman–Crippen MR) is 86.4 cm³/mol. The average Bonchev–Trinajstić information content (AvgIpc) is 2.51. The molecule has 0 aromatic heterocycles. The van der Waals surface area contributed by atoms with Crippen LogP contribution in [0.1, 0.15) is 38.2 Å². The van der Waals surface area contributed by atoms with E-state index in [1.54, 1.807) is 0 Å². The molecule has 2 rings (SSSR count). The molecule has 1 aliphatic carbocycles. The number of rotatable bonds is 8. The van der Waals surface area contributed by atoms with Crippen molar-refractivity contribution in [1.29, 1.82) is 0 Å². The highest BCUT2D eigenvalue weighted by Gasteiger charge is 2.20. The lowest BCUT2D eigenvalue weighted by Gasteiger charge is -2.27. The highest BCUT2D eigenvalue weighted by atomic mass is 16.5. The summed E-state index contributed by atoms with van der Waals surface area (Å²) in [6.45, 7) is 4.24. The Morgan fingerprint density at radius 1 is 1.29 bits per heavy atom. The van der Waals surface area contributed by atoms with Gasteiger partial charge in [0.2, 0.25) is 0 Å².